The van der Waals surface area contributed by atoms with E-state index in [1.54, 1.807) is 12.1 Å². The lowest BCUT2D eigenvalue weighted by molar-refractivity contribution is -0.384. The van der Waals surface area contributed by atoms with Gasteiger partial charge in [0.05, 0.1) is 4.92 Å². The Morgan fingerprint density at radius 3 is 2.56 bits per heavy atom. The van der Waals surface area contributed by atoms with Gasteiger partial charge in [-0.2, -0.15) is 0 Å². The Morgan fingerprint density at radius 1 is 1.22 bits per heavy atom. The molecule has 18 heavy (non-hydrogen) atoms. The minimum absolute atomic E-state index is 0.104. The van der Waals surface area contributed by atoms with E-state index in [2.05, 4.69) is 10.3 Å². The number of nitrogens with one attached hydrogen (secondary N) is 1. The first kappa shape index (κ1) is 12.0. The van der Waals surface area contributed by atoms with Gasteiger partial charge >= 0.3 is 0 Å². The normalized spacial score (nSPS) is 10.1. The van der Waals surface area contributed by atoms with Crippen LogP contribution in [-0.2, 0) is 6.54 Å². The number of pyridine rings is 1. The number of nitro benzene ring substituents is 1. The molecule has 0 spiro atoms. The summed E-state index contributed by atoms with van der Waals surface area (Å²) < 4.78 is 0. The molecule has 0 bridgehead atoms. The zero-order chi connectivity index (χ0) is 13.0. The minimum Gasteiger partial charge on any atom is -0.366 e. The highest BCUT2D eigenvalue weighted by molar-refractivity contribution is 5.38. The number of aryl methyl sites for hydroxylation is 1. The monoisotopic (exact) mass is 243 g/mol. The van der Waals surface area contributed by atoms with Crippen molar-refractivity contribution in [2.24, 2.45) is 0 Å². The lowest BCUT2D eigenvalue weighted by Crippen LogP contribution is -2.01. The summed E-state index contributed by atoms with van der Waals surface area (Å²) in [5, 5.41) is 13.7. The fourth-order valence-electron chi connectivity index (χ4n) is 1.57. The predicted octanol–water partition coefficient (Wildman–Crippen LogP) is 2.91. The molecule has 0 radical (unpaired) electrons. The minimum atomic E-state index is -0.403. The topological polar surface area (TPSA) is 68.1 Å². The van der Waals surface area contributed by atoms with Gasteiger partial charge in [0, 0.05) is 24.4 Å². The Kier molecular flexibility index (Phi) is 3.52. The smallest absolute Gasteiger partial charge is 0.269 e. The predicted molar refractivity (Wildman–Crippen MR) is 69.4 cm³/mol. The first-order valence-electron chi connectivity index (χ1n) is 5.56. The average molecular weight is 243 g/mol. The van der Waals surface area contributed by atoms with Crippen LogP contribution in [-0.4, -0.2) is 9.91 Å². The van der Waals surface area contributed by atoms with Crippen molar-refractivity contribution >= 4 is 11.5 Å². The van der Waals surface area contributed by atoms with Crippen molar-refractivity contribution < 1.29 is 4.92 Å². The van der Waals surface area contributed by atoms with Crippen LogP contribution in [0.3, 0.4) is 0 Å². The number of benzene rings is 1. The molecule has 5 nitrogen and oxygen atoms in total. The zero-order valence-electron chi connectivity index (χ0n) is 9.96. The fourth-order valence-corrected chi connectivity index (χ4v) is 1.57. The summed E-state index contributed by atoms with van der Waals surface area (Å²) in [5.41, 5.74) is 2.03. The number of non-ortho nitro benzene ring substituents is 1. The van der Waals surface area contributed by atoms with Crippen LogP contribution < -0.4 is 5.32 Å². The molecule has 0 unspecified atom stereocenters. The van der Waals surface area contributed by atoms with E-state index in [-0.39, 0.29) is 5.69 Å². The van der Waals surface area contributed by atoms with Crippen LogP contribution in [0.25, 0.3) is 0 Å². The lowest BCUT2D eigenvalue weighted by Gasteiger charge is -2.06. The molecule has 0 aliphatic heterocycles. The van der Waals surface area contributed by atoms with Gasteiger partial charge in [-0.1, -0.05) is 18.2 Å². The van der Waals surface area contributed by atoms with Gasteiger partial charge in [0.2, 0.25) is 0 Å². The lowest BCUT2D eigenvalue weighted by atomic mass is 10.2. The zero-order valence-corrected chi connectivity index (χ0v) is 9.96. The quantitative estimate of drug-likeness (QED) is 0.662. The van der Waals surface area contributed by atoms with E-state index < -0.39 is 4.92 Å². The van der Waals surface area contributed by atoms with Crippen molar-refractivity contribution in [2.75, 3.05) is 5.32 Å². The van der Waals surface area contributed by atoms with Gasteiger partial charge in [-0.05, 0) is 24.6 Å². The molecule has 0 fully saturated rings. The van der Waals surface area contributed by atoms with Gasteiger partial charge in [0.1, 0.15) is 5.82 Å². The van der Waals surface area contributed by atoms with Gasteiger partial charge in [0.25, 0.3) is 5.69 Å². The number of aromatic nitrogens is 1. The van der Waals surface area contributed by atoms with Gasteiger partial charge in [-0.3, -0.25) is 10.1 Å². The van der Waals surface area contributed by atoms with Crippen LogP contribution in [0.5, 0.6) is 0 Å². The number of hydrogen-bond acceptors (Lipinski definition) is 4. The van der Waals surface area contributed by atoms with Crippen LogP contribution in [0.15, 0.2) is 42.5 Å². The highest BCUT2D eigenvalue weighted by Crippen LogP contribution is 2.13. The summed E-state index contributed by atoms with van der Waals surface area (Å²) >= 11 is 0. The summed E-state index contributed by atoms with van der Waals surface area (Å²) in [6, 6.07) is 12.2. The molecule has 1 heterocycles. The first-order chi connectivity index (χ1) is 8.65. The molecule has 92 valence electrons. The maximum atomic E-state index is 10.5. The third kappa shape index (κ3) is 3.04. The molecule has 1 aromatic heterocycles. The van der Waals surface area contributed by atoms with E-state index in [1.165, 1.54) is 12.1 Å². The Morgan fingerprint density at radius 2 is 1.94 bits per heavy atom. The molecule has 2 aromatic rings. The molecule has 5 heteroatoms. The SMILES string of the molecule is Cc1cccc(NCc2ccc([N+](=O)[O-])cc2)n1. The van der Waals surface area contributed by atoms with Gasteiger partial charge < -0.3 is 5.32 Å². The maximum Gasteiger partial charge on any atom is 0.269 e. The number of nitrogens with zero attached hydrogens (tertiary/aromatic N) is 2. The Balaban J connectivity index is 2.00. The summed E-state index contributed by atoms with van der Waals surface area (Å²) in [4.78, 5) is 14.4. The second-order valence-corrected chi connectivity index (χ2v) is 3.94. The van der Waals surface area contributed by atoms with Gasteiger partial charge in [-0.25, -0.2) is 4.98 Å². The average Bonchev–Trinajstić information content (AvgIpc) is 2.37. The molecule has 0 amide bonds. The fraction of sp³-hybridized carbons (Fsp3) is 0.154. The van der Waals surface area contributed by atoms with E-state index >= 15 is 0 Å². The highest BCUT2D eigenvalue weighted by Gasteiger charge is 2.03. The Bertz CT molecular complexity index is 552. The van der Waals surface area contributed by atoms with E-state index in [0.717, 1.165) is 17.1 Å². The Hall–Kier alpha value is -2.43. The van der Waals surface area contributed by atoms with Crippen molar-refractivity contribution in [2.45, 2.75) is 13.5 Å². The van der Waals surface area contributed by atoms with E-state index in [4.69, 9.17) is 0 Å². The van der Waals surface area contributed by atoms with Crippen LogP contribution in [0, 0.1) is 17.0 Å². The molecule has 0 aliphatic carbocycles. The highest BCUT2D eigenvalue weighted by atomic mass is 16.6. The number of rotatable bonds is 4. The summed E-state index contributed by atoms with van der Waals surface area (Å²) in [6.45, 7) is 2.52. The number of nitro groups is 1. The van der Waals surface area contributed by atoms with Crippen molar-refractivity contribution in [3.8, 4) is 0 Å². The molecular formula is C13H13N3O2. The van der Waals surface area contributed by atoms with E-state index in [9.17, 15) is 10.1 Å². The Labute approximate surface area is 105 Å². The summed E-state index contributed by atoms with van der Waals surface area (Å²) in [7, 11) is 0. The van der Waals surface area contributed by atoms with Crippen LogP contribution >= 0.6 is 0 Å². The van der Waals surface area contributed by atoms with Gasteiger partial charge in [-0.15, -0.1) is 0 Å². The third-order valence-corrected chi connectivity index (χ3v) is 2.51. The largest absolute Gasteiger partial charge is 0.366 e. The second kappa shape index (κ2) is 5.27. The molecule has 0 saturated carbocycles. The summed E-state index contributed by atoms with van der Waals surface area (Å²) in [5.74, 6) is 0.799. The first-order valence-corrected chi connectivity index (χ1v) is 5.56. The standard InChI is InChI=1S/C13H13N3O2/c1-10-3-2-4-13(15-10)14-9-11-5-7-12(8-6-11)16(17)18/h2-8H,9H2,1H3,(H,14,15). The molecular weight excluding hydrogens is 230 g/mol. The molecule has 1 N–H and O–H groups in total. The molecule has 1 aromatic carbocycles. The third-order valence-electron chi connectivity index (χ3n) is 2.51. The van der Waals surface area contributed by atoms with E-state index in [0.29, 0.717) is 6.54 Å². The number of anilines is 1. The maximum absolute atomic E-state index is 10.5. The number of hydrogen-bond donors (Lipinski definition) is 1. The van der Waals surface area contributed by atoms with Crippen molar-refractivity contribution in [1.29, 1.82) is 0 Å². The second-order valence-electron chi connectivity index (χ2n) is 3.94. The molecule has 0 aliphatic rings. The summed E-state index contributed by atoms with van der Waals surface area (Å²) in [6.07, 6.45) is 0. The van der Waals surface area contributed by atoms with Crippen molar-refractivity contribution in [3.05, 3.63) is 63.8 Å². The van der Waals surface area contributed by atoms with E-state index in [1.807, 2.05) is 25.1 Å². The van der Waals surface area contributed by atoms with Crippen molar-refractivity contribution in [1.82, 2.24) is 4.98 Å². The molecule has 0 atom stereocenters. The van der Waals surface area contributed by atoms with Crippen molar-refractivity contribution in [3.63, 3.8) is 0 Å². The van der Waals surface area contributed by atoms with Crippen LogP contribution in [0.1, 0.15) is 11.3 Å². The molecule has 0 saturated heterocycles. The van der Waals surface area contributed by atoms with Gasteiger partial charge in [0.15, 0.2) is 0 Å². The van der Waals surface area contributed by atoms with Crippen LogP contribution in [0.2, 0.25) is 0 Å². The molecule has 2 rings (SSSR count). The van der Waals surface area contributed by atoms with Crippen LogP contribution in [0.4, 0.5) is 11.5 Å².